The maximum Gasteiger partial charge on any atom is 0.232 e. The summed E-state index contributed by atoms with van der Waals surface area (Å²) in [6, 6.07) is 11.4. The van der Waals surface area contributed by atoms with Crippen molar-refractivity contribution in [2.24, 2.45) is 0 Å². The van der Waals surface area contributed by atoms with Crippen LogP contribution in [0.4, 0.5) is 5.69 Å². The van der Waals surface area contributed by atoms with Crippen LogP contribution in [-0.4, -0.2) is 34.2 Å². The maximum absolute atomic E-state index is 12.7. The van der Waals surface area contributed by atoms with Crippen LogP contribution in [0.25, 0.3) is 0 Å². The molecule has 0 bridgehead atoms. The molecule has 6 nitrogen and oxygen atoms in total. The number of carbonyl (C=O) groups is 1. The first kappa shape index (κ1) is 25.4. The minimum absolute atomic E-state index is 0.0452. The molecule has 0 aromatic heterocycles. The third-order valence-electron chi connectivity index (χ3n) is 6.11. The highest BCUT2D eigenvalue weighted by atomic mass is 35.5. The van der Waals surface area contributed by atoms with Crippen molar-refractivity contribution >= 4 is 33.2 Å². The van der Waals surface area contributed by atoms with Gasteiger partial charge in [0.25, 0.3) is 0 Å². The van der Waals surface area contributed by atoms with Crippen LogP contribution < -0.4 is 14.4 Å². The van der Waals surface area contributed by atoms with Crippen molar-refractivity contribution in [2.75, 3.05) is 24.2 Å². The summed E-state index contributed by atoms with van der Waals surface area (Å²) in [5.41, 5.74) is 4.40. The van der Waals surface area contributed by atoms with Crippen LogP contribution in [0.3, 0.4) is 0 Å². The zero-order valence-corrected chi connectivity index (χ0v) is 21.1. The first-order valence-corrected chi connectivity index (χ1v) is 13.7. The fraction of sp³-hybridized carbons (Fsp3) is 0.480. The molecule has 0 unspecified atom stereocenters. The summed E-state index contributed by atoms with van der Waals surface area (Å²) in [6.45, 7) is 2.24. The van der Waals surface area contributed by atoms with E-state index in [2.05, 4.69) is 30.4 Å². The zero-order chi connectivity index (χ0) is 24.0. The number of hydrogen-bond donors (Lipinski definition) is 1. The van der Waals surface area contributed by atoms with E-state index in [-0.39, 0.29) is 24.9 Å². The van der Waals surface area contributed by atoms with Crippen LogP contribution >= 0.6 is 11.6 Å². The molecule has 0 saturated carbocycles. The number of amides is 1. The Morgan fingerprint density at radius 3 is 2.52 bits per heavy atom. The molecule has 1 aliphatic rings. The number of hydrogen-bond acceptors (Lipinski definition) is 4. The number of carbonyl (C=O) groups excluding carboxylic acids is 1. The summed E-state index contributed by atoms with van der Waals surface area (Å²) < 4.78 is 31.1. The van der Waals surface area contributed by atoms with E-state index in [1.165, 1.54) is 35.4 Å². The van der Waals surface area contributed by atoms with Crippen LogP contribution in [0.5, 0.6) is 5.75 Å². The van der Waals surface area contributed by atoms with E-state index in [1.54, 1.807) is 18.2 Å². The number of fused-ring (bicyclic) bond motifs is 1. The smallest absolute Gasteiger partial charge is 0.232 e. The number of halogens is 1. The Kier molecular flexibility index (Phi) is 8.65. The summed E-state index contributed by atoms with van der Waals surface area (Å²) >= 11 is 6.17. The number of ether oxygens (including phenoxy) is 1. The van der Waals surface area contributed by atoms with Crippen molar-refractivity contribution in [3.63, 3.8) is 0 Å². The molecule has 3 rings (SSSR count). The number of nitrogens with zero attached hydrogens (tertiary/aromatic N) is 1. The molecule has 33 heavy (non-hydrogen) atoms. The summed E-state index contributed by atoms with van der Waals surface area (Å²) in [6.07, 6.45) is 7.27. The first-order valence-electron chi connectivity index (χ1n) is 11.4. The lowest BCUT2D eigenvalue weighted by atomic mass is 9.89. The van der Waals surface area contributed by atoms with Crippen molar-refractivity contribution in [3.05, 3.63) is 58.1 Å². The first-order chi connectivity index (χ1) is 15.7. The molecule has 180 valence electrons. The second-order valence-electron chi connectivity index (χ2n) is 8.52. The van der Waals surface area contributed by atoms with Gasteiger partial charge in [-0.15, -0.1) is 0 Å². The highest BCUT2D eigenvalue weighted by molar-refractivity contribution is 7.92. The molecule has 1 aliphatic carbocycles. The van der Waals surface area contributed by atoms with Gasteiger partial charge in [-0.2, -0.15) is 0 Å². The van der Waals surface area contributed by atoms with Crippen LogP contribution in [0.1, 0.15) is 61.8 Å². The molecule has 1 atom stereocenters. The van der Waals surface area contributed by atoms with Crippen LogP contribution in [0.2, 0.25) is 5.02 Å². The Morgan fingerprint density at radius 2 is 1.88 bits per heavy atom. The van der Waals surface area contributed by atoms with Crippen molar-refractivity contribution in [3.8, 4) is 5.75 Å². The van der Waals surface area contributed by atoms with Gasteiger partial charge in [0.05, 0.1) is 30.1 Å². The number of aryl methyl sites for hydroxylation is 2. The van der Waals surface area contributed by atoms with Gasteiger partial charge in [0.1, 0.15) is 5.75 Å². The van der Waals surface area contributed by atoms with Crippen molar-refractivity contribution in [2.45, 2.75) is 57.9 Å². The van der Waals surface area contributed by atoms with E-state index >= 15 is 0 Å². The SMILES string of the molecule is CC[C@H](NC(=O)CCCN(c1ccc(OC)c(Cl)c1)S(C)(=O)=O)c1ccc2c(c1)CCCC2. The number of methoxy groups -OCH3 is 1. The largest absolute Gasteiger partial charge is 0.495 e. The van der Waals surface area contributed by atoms with Crippen LogP contribution in [-0.2, 0) is 27.7 Å². The second kappa shape index (κ2) is 11.3. The summed E-state index contributed by atoms with van der Waals surface area (Å²) in [5.74, 6) is 0.391. The third-order valence-corrected chi connectivity index (χ3v) is 7.60. The highest BCUT2D eigenvalue weighted by Crippen LogP contribution is 2.30. The number of benzene rings is 2. The van der Waals surface area contributed by atoms with E-state index in [4.69, 9.17) is 16.3 Å². The Labute approximate surface area is 202 Å². The quantitative estimate of drug-likeness (QED) is 0.504. The molecule has 0 fully saturated rings. The average molecular weight is 493 g/mol. The molecule has 1 N–H and O–H groups in total. The topological polar surface area (TPSA) is 75.7 Å². The molecular weight excluding hydrogens is 460 g/mol. The lowest BCUT2D eigenvalue weighted by Crippen LogP contribution is -2.33. The third kappa shape index (κ3) is 6.64. The Hall–Kier alpha value is -2.25. The number of anilines is 1. The molecule has 0 spiro atoms. The zero-order valence-electron chi connectivity index (χ0n) is 19.6. The lowest BCUT2D eigenvalue weighted by molar-refractivity contribution is -0.121. The fourth-order valence-corrected chi connectivity index (χ4v) is 5.55. The lowest BCUT2D eigenvalue weighted by Gasteiger charge is -2.24. The van der Waals surface area contributed by atoms with E-state index < -0.39 is 10.0 Å². The Balaban J connectivity index is 1.61. The Bertz CT molecular complexity index is 1090. The normalized spacial score (nSPS) is 14.3. The molecule has 0 radical (unpaired) electrons. The minimum Gasteiger partial charge on any atom is -0.495 e. The molecule has 0 saturated heterocycles. The van der Waals surface area contributed by atoms with Gasteiger partial charge in [-0.3, -0.25) is 9.10 Å². The predicted octanol–water partition coefficient (Wildman–Crippen LogP) is 5.04. The van der Waals surface area contributed by atoms with Gasteiger partial charge in [0.2, 0.25) is 15.9 Å². The molecule has 2 aromatic carbocycles. The van der Waals surface area contributed by atoms with E-state index in [0.29, 0.717) is 22.9 Å². The minimum atomic E-state index is -3.53. The number of sulfonamides is 1. The Morgan fingerprint density at radius 1 is 1.15 bits per heavy atom. The number of rotatable bonds is 10. The van der Waals surface area contributed by atoms with E-state index in [0.717, 1.165) is 31.1 Å². The van der Waals surface area contributed by atoms with Gasteiger partial charge < -0.3 is 10.1 Å². The van der Waals surface area contributed by atoms with Crippen molar-refractivity contribution in [1.29, 1.82) is 0 Å². The van der Waals surface area contributed by atoms with Crippen molar-refractivity contribution < 1.29 is 17.9 Å². The summed E-state index contributed by atoms with van der Waals surface area (Å²) in [5, 5.41) is 3.45. The van der Waals surface area contributed by atoms with Gasteiger partial charge >= 0.3 is 0 Å². The average Bonchev–Trinajstić information content (AvgIpc) is 2.79. The fourth-order valence-electron chi connectivity index (χ4n) is 4.34. The van der Waals surface area contributed by atoms with Crippen molar-refractivity contribution in [1.82, 2.24) is 5.32 Å². The predicted molar refractivity (Wildman–Crippen MR) is 134 cm³/mol. The molecule has 0 aliphatic heterocycles. The van der Waals surface area contributed by atoms with Crippen LogP contribution in [0, 0.1) is 0 Å². The van der Waals surface area contributed by atoms with Gasteiger partial charge in [-0.1, -0.05) is 36.7 Å². The maximum atomic E-state index is 12.7. The highest BCUT2D eigenvalue weighted by Gasteiger charge is 2.20. The van der Waals surface area contributed by atoms with E-state index in [1.807, 2.05) is 0 Å². The second-order valence-corrected chi connectivity index (χ2v) is 10.8. The van der Waals surface area contributed by atoms with E-state index in [9.17, 15) is 13.2 Å². The number of nitrogens with one attached hydrogen (secondary N) is 1. The van der Waals surface area contributed by atoms with Gasteiger partial charge in [0.15, 0.2) is 0 Å². The van der Waals surface area contributed by atoms with Gasteiger partial charge in [-0.25, -0.2) is 8.42 Å². The molecule has 8 heteroatoms. The molecular formula is C25H33ClN2O4S. The standard InChI is InChI=1S/C25H33ClN2O4S/c1-4-23(20-12-11-18-8-5-6-9-19(18)16-20)27-25(29)10-7-15-28(33(3,30)31)21-13-14-24(32-2)22(26)17-21/h11-14,16-17,23H,4-10,15H2,1-3H3,(H,27,29)/t23-/m0/s1. The van der Waals surface area contributed by atoms with Crippen LogP contribution in [0.15, 0.2) is 36.4 Å². The van der Waals surface area contributed by atoms with Gasteiger partial charge in [-0.05, 0) is 73.4 Å². The molecule has 0 heterocycles. The molecule has 1 amide bonds. The summed E-state index contributed by atoms with van der Waals surface area (Å²) in [7, 11) is -2.03. The monoisotopic (exact) mass is 492 g/mol. The molecule has 2 aromatic rings. The van der Waals surface area contributed by atoms with Gasteiger partial charge in [0, 0.05) is 13.0 Å². The summed E-state index contributed by atoms with van der Waals surface area (Å²) in [4.78, 5) is 12.7.